The summed E-state index contributed by atoms with van der Waals surface area (Å²) in [5, 5.41) is 17.2. The molecule has 2 N–H and O–H groups in total. The van der Waals surface area contributed by atoms with E-state index in [4.69, 9.17) is 19.4 Å². The fraction of sp³-hybridized carbons (Fsp3) is 0. The molecule has 0 fully saturated rings. The Labute approximate surface area is 323 Å². The van der Waals surface area contributed by atoms with Crippen molar-refractivity contribution in [3.05, 3.63) is 199 Å². The molecule has 0 saturated carbocycles. The van der Waals surface area contributed by atoms with Gasteiger partial charge in [-0.3, -0.25) is 5.41 Å². The van der Waals surface area contributed by atoms with E-state index in [2.05, 4.69) is 59.9 Å². The van der Waals surface area contributed by atoms with Crippen LogP contribution in [-0.2, 0) is 0 Å². The van der Waals surface area contributed by atoms with E-state index in [0.717, 1.165) is 83.0 Å². The van der Waals surface area contributed by atoms with E-state index in [1.165, 1.54) is 0 Å². The van der Waals surface area contributed by atoms with Crippen molar-refractivity contribution >= 4 is 49.8 Å². The summed E-state index contributed by atoms with van der Waals surface area (Å²) in [6, 6.07) is 63.1. The molecule has 2 heterocycles. The Bertz CT molecular complexity index is 3010. The molecular weight excluding hydrogens is 687 g/mol. The maximum Gasteiger partial charge on any atom is 0.164 e. The van der Waals surface area contributed by atoms with E-state index in [1.807, 2.05) is 133 Å². The number of para-hydroxylation sites is 1. The average molecular weight is 720 g/mol. The third kappa shape index (κ3) is 6.15. The molecule has 2 aromatic heterocycles. The lowest BCUT2D eigenvalue weighted by Gasteiger charge is -2.17. The predicted molar refractivity (Wildman–Crippen MR) is 228 cm³/mol. The van der Waals surface area contributed by atoms with Crippen molar-refractivity contribution in [2.45, 2.75) is 0 Å². The summed E-state index contributed by atoms with van der Waals surface area (Å²) in [6.07, 6.45) is 0. The van der Waals surface area contributed by atoms with E-state index in [9.17, 15) is 5.41 Å². The Morgan fingerprint density at radius 1 is 0.429 bits per heavy atom. The molecule has 0 saturated heterocycles. The molecule has 8 aromatic carbocycles. The Balaban J connectivity index is 1.05. The minimum absolute atomic E-state index is 0.448. The van der Waals surface area contributed by atoms with Gasteiger partial charge in [0, 0.05) is 50.0 Å². The van der Waals surface area contributed by atoms with Gasteiger partial charge in [0.05, 0.1) is 5.71 Å². The zero-order valence-corrected chi connectivity index (χ0v) is 30.1. The highest BCUT2D eigenvalue weighted by molar-refractivity contribution is 6.22. The maximum atomic E-state index is 9.61. The zero-order chi connectivity index (χ0) is 37.4. The third-order valence-corrected chi connectivity index (χ3v) is 10.1. The topological polar surface area (TPSA) is 87.7 Å². The fourth-order valence-electron chi connectivity index (χ4n) is 7.35. The summed E-state index contributed by atoms with van der Waals surface area (Å²) in [5.41, 5.74) is 10.3. The van der Waals surface area contributed by atoms with Crippen LogP contribution in [-0.4, -0.2) is 20.7 Å². The lowest BCUT2D eigenvalue weighted by atomic mass is 9.92. The Morgan fingerprint density at radius 2 is 0.964 bits per heavy atom. The lowest BCUT2D eigenvalue weighted by molar-refractivity contribution is 0.669. The molecule has 0 aliphatic heterocycles. The number of furan rings is 1. The SMILES string of the molecule is N=C(c1cccc(-c2ccc3oc4ccc(-c5nc(-c6ccccc6)nc(-c6ccccc6)n5)cc4c3c2)c1)c1c(Nc2ccccc2)ccc2ccccc12. The van der Waals surface area contributed by atoms with Gasteiger partial charge in [0.1, 0.15) is 11.2 Å². The highest BCUT2D eigenvalue weighted by Gasteiger charge is 2.18. The van der Waals surface area contributed by atoms with E-state index in [0.29, 0.717) is 23.2 Å². The molecule has 56 heavy (non-hydrogen) atoms. The van der Waals surface area contributed by atoms with Crippen molar-refractivity contribution in [1.82, 2.24) is 15.0 Å². The molecule has 10 aromatic rings. The zero-order valence-electron chi connectivity index (χ0n) is 30.1. The number of nitrogens with one attached hydrogen (secondary N) is 2. The molecule has 0 unspecified atom stereocenters. The molecular formula is C50H33N5O. The van der Waals surface area contributed by atoms with Gasteiger partial charge in [-0.1, -0.05) is 133 Å². The highest BCUT2D eigenvalue weighted by Crippen LogP contribution is 2.36. The van der Waals surface area contributed by atoms with Crippen molar-refractivity contribution in [3.63, 3.8) is 0 Å². The second-order valence-electron chi connectivity index (χ2n) is 13.7. The summed E-state index contributed by atoms with van der Waals surface area (Å²) in [6.45, 7) is 0. The number of benzene rings is 8. The average Bonchev–Trinajstić information content (AvgIpc) is 3.64. The molecule has 0 bridgehead atoms. The van der Waals surface area contributed by atoms with Crippen molar-refractivity contribution in [3.8, 4) is 45.3 Å². The van der Waals surface area contributed by atoms with Crippen LogP contribution in [0.15, 0.2) is 192 Å². The molecule has 0 aliphatic carbocycles. The summed E-state index contributed by atoms with van der Waals surface area (Å²) in [5.74, 6) is 1.82. The molecule has 0 aliphatic rings. The quantitative estimate of drug-likeness (QED) is 0.153. The van der Waals surface area contributed by atoms with Gasteiger partial charge < -0.3 is 9.73 Å². The van der Waals surface area contributed by atoms with Crippen LogP contribution in [0.3, 0.4) is 0 Å². The highest BCUT2D eigenvalue weighted by atomic mass is 16.3. The minimum atomic E-state index is 0.448. The molecule has 264 valence electrons. The second kappa shape index (κ2) is 13.9. The Morgan fingerprint density at radius 3 is 1.64 bits per heavy atom. The van der Waals surface area contributed by atoms with Crippen molar-refractivity contribution in [2.75, 3.05) is 5.32 Å². The van der Waals surface area contributed by atoms with Crippen molar-refractivity contribution in [2.24, 2.45) is 0 Å². The van der Waals surface area contributed by atoms with Crippen LogP contribution in [0.4, 0.5) is 11.4 Å². The van der Waals surface area contributed by atoms with Crippen LogP contribution >= 0.6 is 0 Å². The van der Waals surface area contributed by atoms with Crippen molar-refractivity contribution < 1.29 is 4.42 Å². The summed E-state index contributed by atoms with van der Waals surface area (Å²) in [7, 11) is 0. The van der Waals surface area contributed by atoms with Crippen LogP contribution < -0.4 is 5.32 Å². The molecule has 6 heteroatoms. The van der Waals surface area contributed by atoms with Gasteiger partial charge in [-0.2, -0.15) is 0 Å². The maximum absolute atomic E-state index is 9.61. The molecule has 0 spiro atoms. The fourth-order valence-corrected chi connectivity index (χ4v) is 7.35. The van der Waals surface area contributed by atoms with Crippen LogP contribution in [0.1, 0.15) is 11.1 Å². The third-order valence-electron chi connectivity index (χ3n) is 10.1. The number of rotatable bonds is 8. The first kappa shape index (κ1) is 32.9. The summed E-state index contributed by atoms with van der Waals surface area (Å²) >= 11 is 0. The number of hydrogen-bond acceptors (Lipinski definition) is 6. The van der Waals surface area contributed by atoms with Gasteiger partial charge in [0.15, 0.2) is 17.5 Å². The summed E-state index contributed by atoms with van der Waals surface area (Å²) < 4.78 is 6.35. The summed E-state index contributed by atoms with van der Waals surface area (Å²) in [4.78, 5) is 14.8. The smallest absolute Gasteiger partial charge is 0.164 e. The Kier molecular flexibility index (Phi) is 8.19. The van der Waals surface area contributed by atoms with Crippen LogP contribution in [0, 0.1) is 5.41 Å². The van der Waals surface area contributed by atoms with Crippen LogP contribution in [0.25, 0.3) is 78.0 Å². The molecule has 10 rings (SSSR count). The van der Waals surface area contributed by atoms with Gasteiger partial charge in [0.25, 0.3) is 0 Å². The first-order valence-electron chi connectivity index (χ1n) is 18.5. The minimum Gasteiger partial charge on any atom is -0.456 e. The second-order valence-corrected chi connectivity index (χ2v) is 13.7. The first-order chi connectivity index (χ1) is 27.6. The van der Waals surface area contributed by atoms with Gasteiger partial charge in [-0.25, -0.2) is 15.0 Å². The predicted octanol–water partition coefficient (Wildman–Crippen LogP) is 12.8. The van der Waals surface area contributed by atoms with E-state index >= 15 is 0 Å². The molecule has 6 nitrogen and oxygen atoms in total. The van der Waals surface area contributed by atoms with E-state index in [-0.39, 0.29) is 0 Å². The largest absolute Gasteiger partial charge is 0.456 e. The molecule has 0 amide bonds. The number of fused-ring (bicyclic) bond motifs is 4. The number of nitrogens with zero attached hydrogens (tertiary/aromatic N) is 3. The standard InChI is InChI=1S/C50H33N5O/c51-47(46-40-22-11-10-13-32(40)23-26-43(46)52-39-20-8-3-9-21-39)37-19-12-18-35(29-37)36-24-27-44-41(30-36)42-31-38(25-28-45(42)56-44)50-54-48(33-14-4-1-5-15-33)53-49(55-50)34-16-6-2-7-17-34/h1-31,51-52H. The van der Waals surface area contributed by atoms with Gasteiger partial charge >= 0.3 is 0 Å². The monoisotopic (exact) mass is 719 g/mol. The number of aromatic nitrogens is 3. The van der Waals surface area contributed by atoms with Gasteiger partial charge in [0.2, 0.25) is 0 Å². The lowest BCUT2D eigenvalue weighted by Crippen LogP contribution is -2.07. The van der Waals surface area contributed by atoms with Gasteiger partial charge in [-0.05, 0) is 76.5 Å². The first-order valence-corrected chi connectivity index (χ1v) is 18.5. The van der Waals surface area contributed by atoms with E-state index in [1.54, 1.807) is 0 Å². The normalized spacial score (nSPS) is 11.3. The van der Waals surface area contributed by atoms with E-state index < -0.39 is 0 Å². The number of anilines is 2. The Hall–Kier alpha value is -7.70. The molecule has 0 atom stereocenters. The van der Waals surface area contributed by atoms with Crippen LogP contribution in [0.5, 0.6) is 0 Å². The van der Waals surface area contributed by atoms with Crippen LogP contribution in [0.2, 0.25) is 0 Å². The molecule has 0 radical (unpaired) electrons. The number of hydrogen-bond donors (Lipinski definition) is 2. The van der Waals surface area contributed by atoms with Gasteiger partial charge in [-0.15, -0.1) is 0 Å². The van der Waals surface area contributed by atoms with Crippen molar-refractivity contribution in [1.29, 1.82) is 5.41 Å².